The molecule has 2 aromatic carbocycles. The summed E-state index contributed by atoms with van der Waals surface area (Å²) in [7, 11) is 0. The van der Waals surface area contributed by atoms with E-state index in [0.717, 1.165) is 0 Å². The van der Waals surface area contributed by atoms with Crippen molar-refractivity contribution in [3.05, 3.63) is 62.7 Å². The van der Waals surface area contributed by atoms with Crippen molar-refractivity contribution in [1.82, 2.24) is 0 Å². The largest absolute Gasteiger partial charge is 0.398 e. The molecule has 2 rings (SSSR count). The lowest BCUT2D eigenvalue weighted by Gasteiger charge is -2.05. The second-order valence-electron chi connectivity index (χ2n) is 3.83. The van der Waals surface area contributed by atoms with Gasteiger partial charge in [0.1, 0.15) is 0 Å². The predicted molar refractivity (Wildman–Crippen MR) is 69.6 cm³/mol. The van der Waals surface area contributed by atoms with Gasteiger partial charge in [-0.3, -0.25) is 20.2 Å². The molecule has 0 spiro atoms. The zero-order chi connectivity index (χ0) is 14.0. The number of anilines is 1. The topological polar surface area (TPSA) is 112 Å². The molecular weight excluding hydrogens is 250 g/mol. The maximum absolute atomic E-state index is 10.7. The van der Waals surface area contributed by atoms with Crippen LogP contribution in [0, 0.1) is 20.2 Å². The van der Waals surface area contributed by atoms with Gasteiger partial charge in [-0.2, -0.15) is 0 Å². The molecule has 96 valence electrons. The van der Waals surface area contributed by atoms with Gasteiger partial charge in [0, 0.05) is 35.5 Å². The van der Waals surface area contributed by atoms with E-state index in [9.17, 15) is 20.2 Å². The third kappa shape index (κ3) is 2.49. The average Bonchev–Trinajstić information content (AvgIpc) is 2.39. The highest BCUT2D eigenvalue weighted by Gasteiger charge is 2.12. The number of non-ortho nitro benzene ring substituents is 2. The summed E-state index contributed by atoms with van der Waals surface area (Å²) in [6.45, 7) is 0. The van der Waals surface area contributed by atoms with Crippen LogP contribution in [0.3, 0.4) is 0 Å². The fourth-order valence-corrected chi connectivity index (χ4v) is 1.67. The Hall–Kier alpha value is -2.96. The van der Waals surface area contributed by atoms with Crippen molar-refractivity contribution >= 4 is 17.1 Å². The van der Waals surface area contributed by atoms with E-state index in [2.05, 4.69) is 0 Å². The first-order valence-electron chi connectivity index (χ1n) is 5.28. The minimum atomic E-state index is -0.520. The van der Waals surface area contributed by atoms with Crippen LogP contribution in [0.25, 0.3) is 11.1 Å². The number of nitrogen functional groups attached to an aromatic ring is 1. The molecule has 2 N–H and O–H groups in total. The molecule has 7 heteroatoms. The summed E-state index contributed by atoms with van der Waals surface area (Å²) in [6.07, 6.45) is 0. The van der Waals surface area contributed by atoms with Gasteiger partial charge in [-0.1, -0.05) is 0 Å². The average molecular weight is 259 g/mol. The Morgan fingerprint density at radius 2 is 1.37 bits per heavy atom. The molecule has 0 atom stereocenters. The number of rotatable bonds is 3. The Bertz CT molecular complexity index is 653. The van der Waals surface area contributed by atoms with Gasteiger partial charge in [0.15, 0.2) is 0 Å². The van der Waals surface area contributed by atoms with Crippen LogP contribution in [-0.4, -0.2) is 9.85 Å². The summed E-state index contributed by atoms with van der Waals surface area (Å²) in [5, 5.41) is 21.3. The first-order chi connectivity index (χ1) is 8.99. The summed E-state index contributed by atoms with van der Waals surface area (Å²) >= 11 is 0. The van der Waals surface area contributed by atoms with Gasteiger partial charge >= 0.3 is 0 Å². The molecule has 0 aromatic heterocycles. The van der Waals surface area contributed by atoms with E-state index in [1.54, 1.807) is 0 Å². The van der Waals surface area contributed by atoms with Crippen molar-refractivity contribution in [2.45, 2.75) is 0 Å². The highest BCUT2D eigenvalue weighted by atomic mass is 16.6. The van der Waals surface area contributed by atoms with Gasteiger partial charge in [0.05, 0.1) is 9.85 Å². The van der Waals surface area contributed by atoms with Gasteiger partial charge in [-0.05, 0) is 23.8 Å². The van der Waals surface area contributed by atoms with E-state index >= 15 is 0 Å². The highest BCUT2D eigenvalue weighted by Crippen LogP contribution is 2.30. The van der Waals surface area contributed by atoms with Crippen LogP contribution in [-0.2, 0) is 0 Å². The van der Waals surface area contributed by atoms with Crippen molar-refractivity contribution in [3.63, 3.8) is 0 Å². The third-order valence-corrected chi connectivity index (χ3v) is 2.64. The molecule has 0 saturated carbocycles. The number of hydrogen-bond acceptors (Lipinski definition) is 5. The minimum Gasteiger partial charge on any atom is -0.398 e. The van der Waals surface area contributed by atoms with Gasteiger partial charge in [0.2, 0.25) is 0 Å². The normalized spacial score (nSPS) is 10.1. The van der Waals surface area contributed by atoms with Crippen molar-refractivity contribution in [1.29, 1.82) is 0 Å². The highest BCUT2D eigenvalue weighted by molar-refractivity contribution is 5.78. The molecule has 0 bridgehead atoms. The van der Waals surface area contributed by atoms with Crippen molar-refractivity contribution in [2.75, 3.05) is 5.73 Å². The molecule has 0 fully saturated rings. The Morgan fingerprint density at radius 1 is 0.842 bits per heavy atom. The van der Waals surface area contributed by atoms with Gasteiger partial charge in [-0.25, -0.2) is 0 Å². The molecule has 0 radical (unpaired) electrons. The monoisotopic (exact) mass is 259 g/mol. The summed E-state index contributed by atoms with van der Waals surface area (Å²) in [6, 6.07) is 9.76. The molecule has 0 aliphatic heterocycles. The molecule has 0 aliphatic carbocycles. The van der Waals surface area contributed by atoms with Crippen LogP contribution in [0.15, 0.2) is 42.5 Å². The molecule has 0 amide bonds. The lowest BCUT2D eigenvalue weighted by molar-refractivity contribution is -0.384. The van der Waals surface area contributed by atoms with Crippen LogP contribution >= 0.6 is 0 Å². The quantitative estimate of drug-likeness (QED) is 0.517. The number of nitrogens with two attached hydrogens (primary N) is 1. The lowest BCUT2D eigenvalue weighted by atomic mass is 10.0. The molecule has 0 saturated heterocycles. The summed E-state index contributed by atoms with van der Waals surface area (Å²) in [4.78, 5) is 20.2. The Morgan fingerprint density at radius 3 is 1.89 bits per heavy atom. The number of hydrogen-bond donors (Lipinski definition) is 1. The van der Waals surface area contributed by atoms with Gasteiger partial charge in [-0.15, -0.1) is 0 Å². The van der Waals surface area contributed by atoms with E-state index in [4.69, 9.17) is 5.73 Å². The zero-order valence-corrected chi connectivity index (χ0v) is 9.65. The molecule has 0 heterocycles. The minimum absolute atomic E-state index is 0.0484. The molecular formula is C12H9N3O4. The summed E-state index contributed by atoms with van der Waals surface area (Å²) < 4.78 is 0. The van der Waals surface area contributed by atoms with Crippen LogP contribution < -0.4 is 5.73 Å². The third-order valence-electron chi connectivity index (χ3n) is 2.64. The van der Waals surface area contributed by atoms with E-state index in [0.29, 0.717) is 16.8 Å². The van der Waals surface area contributed by atoms with Crippen molar-refractivity contribution in [2.24, 2.45) is 0 Å². The first-order valence-corrected chi connectivity index (χ1v) is 5.28. The molecule has 0 unspecified atom stereocenters. The molecule has 19 heavy (non-hydrogen) atoms. The van der Waals surface area contributed by atoms with Gasteiger partial charge < -0.3 is 5.73 Å². The standard InChI is InChI=1S/C12H9N3O4/c13-12-6-5-10(15(18)19)7-11(12)8-1-3-9(4-2-8)14(16)17/h1-7H,13H2. The number of nitro groups is 2. The second kappa shape index (κ2) is 4.73. The number of benzene rings is 2. The van der Waals surface area contributed by atoms with Crippen LogP contribution in [0.5, 0.6) is 0 Å². The van der Waals surface area contributed by atoms with Crippen molar-refractivity contribution < 1.29 is 9.85 Å². The molecule has 2 aromatic rings. The van der Waals surface area contributed by atoms with Crippen LogP contribution in [0.1, 0.15) is 0 Å². The Labute approximate surface area is 107 Å². The number of nitro benzene ring substituents is 2. The van der Waals surface area contributed by atoms with E-state index in [-0.39, 0.29) is 11.4 Å². The zero-order valence-electron chi connectivity index (χ0n) is 9.65. The first kappa shape index (κ1) is 12.5. The summed E-state index contributed by atoms with van der Waals surface area (Å²) in [5.41, 5.74) is 7.07. The SMILES string of the molecule is Nc1ccc([N+](=O)[O-])cc1-c1ccc([N+](=O)[O-])cc1. The van der Waals surface area contributed by atoms with E-state index < -0.39 is 9.85 Å². The summed E-state index contributed by atoms with van der Waals surface area (Å²) in [5.74, 6) is 0. The second-order valence-corrected chi connectivity index (χ2v) is 3.83. The molecule has 7 nitrogen and oxygen atoms in total. The number of nitrogens with zero attached hydrogens (tertiary/aromatic N) is 2. The van der Waals surface area contributed by atoms with Crippen molar-refractivity contribution in [3.8, 4) is 11.1 Å². The fraction of sp³-hybridized carbons (Fsp3) is 0. The Balaban J connectivity index is 2.48. The lowest BCUT2D eigenvalue weighted by Crippen LogP contribution is -1.94. The maximum Gasteiger partial charge on any atom is 0.270 e. The smallest absolute Gasteiger partial charge is 0.270 e. The van der Waals surface area contributed by atoms with Gasteiger partial charge in [0.25, 0.3) is 11.4 Å². The van der Waals surface area contributed by atoms with E-state index in [1.165, 1.54) is 42.5 Å². The fourth-order valence-electron chi connectivity index (χ4n) is 1.67. The van der Waals surface area contributed by atoms with E-state index in [1.807, 2.05) is 0 Å². The van der Waals surface area contributed by atoms with Crippen LogP contribution in [0.4, 0.5) is 17.1 Å². The Kier molecular flexibility index (Phi) is 3.11. The maximum atomic E-state index is 10.7. The predicted octanol–water partition coefficient (Wildman–Crippen LogP) is 2.75. The molecule has 0 aliphatic rings. The van der Waals surface area contributed by atoms with Crippen LogP contribution in [0.2, 0.25) is 0 Å².